The van der Waals surface area contributed by atoms with Gasteiger partial charge in [-0.05, 0) is 84.7 Å². The van der Waals surface area contributed by atoms with E-state index in [0.29, 0.717) is 13.2 Å². The zero-order valence-corrected chi connectivity index (χ0v) is 38.0. The molecule has 61 heavy (non-hydrogen) atoms. The molecule has 0 amide bonds. The first kappa shape index (κ1) is 47.6. The molecule has 0 saturated heterocycles. The van der Waals surface area contributed by atoms with E-state index in [0.717, 1.165) is 88.2 Å². The Balaban J connectivity index is 1.15. The Morgan fingerprint density at radius 3 is 1.13 bits per heavy atom. The van der Waals surface area contributed by atoms with E-state index in [-0.39, 0.29) is 22.7 Å². The normalized spacial score (nSPS) is 25.6. The molecule has 4 aliphatic carbocycles. The smallest absolute Gasteiger partial charge is 0.159 e. The molecule has 5 heteroatoms. The molecule has 0 radical (unpaired) electrons. The highest BCUT2D eigenvalue weighted by molar-refractivity contribution is 5.46. The van der Waals surface area contributed by atoms with Crippen LogP contribution < -0.4 is 0 Å². The van der Waals surface area contributed by atoms with Gasteiger partial charge in [-0.15, -0.1) is 0 Å². The topological polar surface area (TPSA) is 9.23 Å². The summed E-state index contributed by atoms with van der Waals surface area (Å²) in [6, 6.07) is 9.17. The van der Waals surface area contributed by atoms with Crippen molar-refractivity contribution in [1.29, 1.82) is 0 Å². The van der Waals surface area contributed by atoms with Crippen molar-refractivity contribution in [3.05, 3.63) is 119 Å². The number of rotatable bonds is 24. The van der Waals surface area contributed by atoms with E-state index < -0.39 is 34.1 Å². The van der Waals surface area contributed by atoms with Crippen LogP contribution in [0.1, 0.15) is 192 Å². The van der Waals surface area contributed by atoms with Gasteiger partial charge in [-0.1, -0.05) is 203 Å². The highest BCUT2D eigenvalue weighted by Gasteiger charge is 2.51. The van der Waals surface area contributed by atoms with Crippen molar-refractivity contribution in [3.8, 4) is 0 Å². The summed E-state index contributed by atoms with van der Waals surface area (Å²) in [5.74, 6) is -3.01. The van der Waals surface area contributed by atoms with Gasteiger partial charge in [0, 0.05) is 22.7 Å². The van der Waals surface area contributed by atoms with Gasteiger partial charge in [0.1, 0.15) is 0 Å². The lowest BCUT2D eigenvalue weighted by Crippen LogP contribution is -2.46. The van der Waals surface area contributed by atoms with Crippen molar-refractivity contribution in [2.24, 2.45) is 22.7 Å². The summed E-state index contributed by atoms with van der Waals surface area (Å²) in [6.45, 7) is 5.57. The first-order valence-corrected chi connectivity index (χ1v) is 25.0. The fraction of sp³-hybridized carbons (Fsp3) is 0.643. The number of ether oxygens (including phenoxy) is 1. The number of hydrogen-bond acceptors (Lipinski definition) is 1. The van der Waals surface area contributed by atoms with Gasteiger partial charge in [-0.25, -0.2) is 17.6 Å². The Labute approximate surface area is 368 Å². The average molecular weight is 843 g/mol. The molecule has 2 aromatic carbocycles. The SMILES string of the molecule is CCCCCCCCCC1([C@]2(c3ccc(F)c(F)c3)C=C[C@H](COC[C@H]3C=C[C@@](c4ccc(F)c(F)c4)(C4(CCCCCCCCC)CCCCC4)C=C3)C=C2)CCCCC1. The largest absolute Gasteiger partial charge is 0.380 e. The van der Waals surface area contributed by atoms with Crippen molar-refractivity contribution in [1.82, 2.24) is 0 Å². The third-order valence-corrected chi connectivity index (χ3v) is 15.7. The van der Waals surface area contributed by atoms with Crippen LogP contribution >= 0.6 is 0 Å². The fourth-order valence-corrected chi connectivity index (χ4v) is 12.2. The summed E-state index contributed by atoms with van der Waals surface area (Å²) in [6.07, 6.45) is 49.6. The summed E-state index contributed by atoms with van der Waals surface area (Å²) >= 11 is 0. The summed E-state index contributed by atoms with van der Waals surface area (Å²) in [7, 11) is 0. The van der Waals surface area contributed by atoms with Crippen molar-refractivity contribution >= 4 is 0 Å². The molecular weight excluding hydrogens is 765 g/mol. The van der Waals surface area contributed by atoms with Gasteiger partial charge in [-0.2, -0.15) is 0 Å². The zero-order valence-electron chi connectivity index (χ0n) is 38.0. The second-order valence-electron chi connectivity index (χ2n) is 19.7. The first-order valence-electron chi connectivity index (χ1n) is 25.0. The first-order chi connectivity index (χ1) is 29.7. The summed E-state index contributed by atoms with van der Waals surface area (Å²) in [5, 5.41) is 0. The predicted molar refractivity (Wildman–Crippen MR) is 247 cm³/mol. The highest BCUT2D eigenvalue weighted by atomic mass is 19.2. The lowest BCUT2D eigenvalue weighted by molar-refractivity contribution is 0.0920. The number of unbranched alkanes of at least 4 members (excludes halogenated alkanes) is 12. The molecule has 2 aromatic rings. The summed E-state index contributed by atoms with van der Waals surface area (Å²) in [5.41, 5.74) is 0.631. The molecule has 336 valence electrons. The van der Waals surface area contributed by atoms with E-state index >= 15 is 8.78 Å². The van der Waals surface area contributed by atoms with Crippen LogP contribution in [0, 0.1) is 45.9 Å². The Kier molecular flexibility index (Phi) is 18.0. The second-order valence-corrected chi connectivity index (χ2v) is 19.7. The van der Waals surface area contributed by atoms with Crippen LogP contribution in [0.4, 0.5) is 17.6 Å². The van der Waals surface area contributed by atoms with Crippen LogP contribution in [0.25, 0.3) is 0 Å². The molecule has 0 heterocycles. The lowest BCUT2D eigenvalue weighted by atomic mass is 9.51. The molecule has 0 aliphatic heterocycles. The molecule has 0 unspecified atom stereocenters. The van der Waals surface area contributed by atoms with Crippen LogP contribution in [-0.2, 0) is 15.6 Å². The molecule has 4 aliphatic rings. The molecule has 0 bridgehead atoms. The van der Waals surface area contributed by atoms with Gasteiger partial charge in [0.15, 0.2) is 23.3 Å². The molecular formula is C56H78F4O. The van der Waals surface area contributed by atoms with E-state index in [1.165, 1.54) is 114 Å². The van der Waals surface area contributed by atoms with Crippen molar-refractivity contribution in [2.75, 3.05) is 13.2 Å². The maximum absolute atomic E-state index is 15.0. The van der Waals surface area contributed by atoms with E-state index in [1.54, 1.807) is 0 Å². The second kappa shape index (κ2) is 23.1. The number of allylic oxidation sites excluding steroid dienone is 4. The molecule has 1 nitrogen and oxygen atoms in total. The summed E-state index contributed by atoms with van der Waals surface area (Å²) < 4.78 is 65.2. The monoisotopic (exact) mass is 843 g/mol. The van der Waals surface area contributed by atoms with E-state index in [4.69, 9.17) is 4.74 Å². The minimum atomic E-state index is -0.798. The van der Waals surface area contributed by atoms with Gasteiger partial charge < -0.3 is 4.74 Å². The Bertz CT molecular complexity index is 1600. The van der Waals surface area contributed by atoms with Crippen molar-refractivity contribution in [2.45, 2.75) is 192 Å². The van der Waals surface area contributed by atoms with Crippen molar-refractivity contribution < 1.29 is 22.3 Å². The van der Waals surface area contributed by atoms with E-state index in [2.05, 4.69) is 62.5 Å². The third-order valence-electron chi connectivity index (χ3n) is 15.7. The van der Waals surface area contributed by atoms with Crippen LogP contribution in [0.5, 0.6) is 0 Å². The molecule has 0 aromatic heterocycles. The van der Waals surface area contributed by atoms with Gasteiger partial charge >= 0.3 is 0 Å². The minimum absolute atomic E-state index is 0.0419. The number of hydrogen-bond donors (Lipinski definition) is 0. The maximum Gasteiger partial charge on any atom is 0.159 e. The highest BCUT2D eigenvalue weighted by Crippen LogP contribution is 2.59. The Morgan fingerprint density at radius 1 is 0.443 bits per heavy atom. The van der Waals surface area contributed by atoms with Crippen molar-refractivity contribution in [3.63, 3.8) is 0 Å². The standard InChI is InChI=1S/C56H78F4O/c1-3-5-7-9-11-13-17-31-53(33-19-15-20-34-53)55(47-23-25-49(57)51(59)41-47)37-27-45(28-38-55)43-61-44-46-29-39-56(40-30-46,48-24-26-50(58)52(60)42-48)54(35-21-16-22-36-54)32-18-14-12-10-8-6-4-2/h23-30,37-42,45-46H,3-22,31-36,43-44H2,1-2H3/t45-,46-,55+,56+. The minimum Gasteiger partial charge on any atom is -0.380 e. The predicted octanol–water partition coefficient (Wildman–Crippen LogP) is 17.1. The number of benzene rings is 2. The Morgan fingerprint density at radius 2 is 0.787 bits per heavy atom. The van der Waals surface area contributed by atoms with Gasteiger partial charge in [0.2, 0.25) is 0 Å². The molecule has 2 saturated carbocycles. The van der Waals surface area contributed by atoms with Crippen LogP contribution in [-0.4, -0.2) is 13.2 Å². The van der Waals surface area contributed by atoms with E-state index in [1.807, 2.05) is 12.1 Å². The van der Waals surface area contributed by atoms with Crippen LogP contribution in [0.2, 0.25) is 0 Å². The van der Waals surface area contributed by atoms with E-state index in [9.17, 15) is 8.78 Å². The number of halogens is 4. The quantitative estimate of drug-likeness (QED) is 0.0581. The van der Waals surface area contributed by atoms with Gasteiger partial charge in [0.25, 0.3) is 0 Å². The molecule has 6 rings (SSSR count). The summed E-state index contributed by atoms with van der Waals surface area (Å²) in [4.78, 5) is 0. The maximum atomic E-state index is 15.0. The molecule has 0 spiro atoms. The van der Waals surface area contributed by atoms with Gasteiger partial charge in [-0.3, -0.25) is 0 Å². The third kappa shape index (κ3) is 11.4. The molecule has 0 atom stereocenters. The average Bonchev–Trinajstić information content (AvgIpc) is 3.29. The fourth-order valence-electron chi connectivity index (χ4n) is 12.2. The molecule has 0 N–H and O–H groups in total. The Hall–Kier alpha value is -2.92. The lowest BCUT2D eigenvalue weighted by Gasteiger charge is -2.52. The molecule has 2 fully saturated rings. The zero-order chi connectivity index (χ0) is 43.0. The van der Waals surface area contributed by atoms with Crippen LogP contribution in [0.15, 0.2) is 85.0 Å². The van der Waals surface area contributed by atoms with Gasteiger partial charge in [0.05, 0.1) is 13.2 Å². The van der Waals surface area contributed by atoms with Crippen LogP contribution in [0.3, 0.4) is 0 Å².